The summed E-state index contributed by atoms with van der Waals surface area (Å²) in [5, 5.41) is 10.1. The molecular weight excluding hydrogens is 168 g/mol. The van der Waals surface area contributed by atoms with Crippen LogP contribution in [0.25, 0.3) is 0 Å². The van der Waals surface area contributed by atoms with E-state index in [2.05, 4.69) is 6.58 Å². The molecule has 60 valence electrons. The summed E-state index contributed by atoms with van der Waals surface area (Å²) < 4.78 is 0. The van der Waals surface area contributed by atoms with Crippen molar-refractivity contribution in [2.24, 2.45) is 5.73 Å². The van der Waals surface area contributed by atoms with Crippen molar-refractivity contribution in [2.45, 2.75) is 0 Å². The molecule has 5 heteroatoms. The first-order chi connectivity index (χ1) is 5.13. The number of halogens is 1. The lowest BCUT2D eigenvalue weighted by atomic mass is 10.3. The number of hydrogen-bond acceptors (Lipinski definition) is 3. The van der Waals surface area contributed by atoms with Gasteiger partial charge in [0.05, 0.1) is 10.5 Å². The highest BCUT2D eigenvalue weighted by Crippen LogP contribution is 2.05. The van der Waals surface area contributed by atoms with E-state index in [1.54, 1.807) is 0 Å². The molecule has 0 atom stereocenters. The van der Waals surface area contributed by atoms with E-state index in [0.29, 0.717) is 0 Å². The van der Waals surface area contributed by atoms with Crippen LogP contribution in [-0.4, -0.2) is 4.92 Å². The summed E-state index contributed by atoms with van der Waals surface area (Å²) in [6.07, 6.45) is 2.65. The fourth-order valence-electron chi connectivity index (χ4n) is 0.421. The Labute approximate surface area is 68.8 Å². The molecule has 4 nitrogen and oxygen atoms in total. The van der Waals surface area contributed by atoms with Crippen molar-refractivity contribution in [2.75, 3.05) is 0 Å². The molecular formula is C6H7ClN2O2. The Bertz CT molecular complexity index is 233. The Kier molecular flexibility index (Phi) is 3.98. The molecule has 0 saturated heterocycles. The molecule has 0 amide bonds. The lowest BCUT2D eigenvalue weighted by molar-refractivity contribution is -0.420. The Balaban J connectivity index is 4.67. The van der Waals surface area contributed by atoms with Crippen molar-refractivity contribution < 1.29 is 4.92 Å². The van der Waals surface area contributed by atoms with Gasteiger partial charge >= 0.3 is 5.70 Å². The molecule has 0 aromatic rings. The fourth-order valence-corrected chi connectivity index (χ4v) is 0.626. The molecule has 0 rings (SSSR count). The van der Waals surface area contributed by atoms with Gasteiger partial charge in [-0.2, -0.15) is 0 Å². The zero-order valence-electron chi connectivity index (χ0n) is 5.66. The maximum atomic E-state index is 10.1. The molecule has 2 N–H and O–H groups in total. The highest BCUT2D eigenvalue weighted by atomic mass is 35.5. The van der Waals surface area contributed by atoms with E-state index < -0.39 is 4.92 Å². The molecule has 0 fully saturated rings. The lowest BCUT2D eigenvalue weighted by Gasteiger charge is -1.93. The molecule has 0 aliphatic carbocycles. The van der Waals surface area contributed by atoms with E-state index in [0.717, 1.165) is 5.54 Å². The van der Waals surface area contributed by atoms with Crippen LogP contribution in [0.1, 0.15) is 0 Å². The molecule has 0 heterocycles. The minimum atomic E-state index is -0.664. The summed E-state index contributed by atoms with van der Waals surface area (Å²) in [5.41, 5.74) is 5.71. The summed E-state index contributed by atoms with van der Waals surface area (Å²) in [7, 11) is 0. The maximum Gasteiger partial charge on any atom is 0.303 e. The van der Waals surface area contributed by atoms with Crippen LogP contribution in [0, 0.1) is 10.1 Å². The summed E-state index contributed by atoms with van der Waals surface area (Å²) in [6.45, 7) is 3.33. The largest absolute Gasteiger partial charge is 0.393 e. The zero-order chi connectivity index (χ0) is 8.85. The third-order valence-corrected chi connectivity index (χ3v) is 1.10. The highest BCUT2D eigenvalue weighted by Gasteiger charge is 2.11. The summed E-state index contributed by atoms with van der Waals surface area (Å²) in [4.78, 5) is 9.48. The number of nitrogens with two attached hydrogens (primary N) is 1. The van der Waals surface area contributed by atoms with Gasteiger partial charge in [-0.3, -0.25) is 10.1 Å². The second-order valence-electron chi connectivity index (χ2n) is 1.61. The summed E-state index contributed by atoms with van der Waals surface area (Å²) in [5.74, 6) is 0. The van der Waals surface area contributed by atoms with Crippen LogP contribution in [0.2, 0.25) is 0 Å². The number of hydrogen-bond donors (Lipinski definition) is 1. The standard InChI is InChI=1S/C6H7ClN2O2/c1-2-3-5(8)6(4-7)9(10)11/h2-4H,1,8H2/b5-3+,6-4-. The van der Waals surface area contributed by atoms with Crippen LogP contribution in [0.4, 0.5) is 0 Å². The normalized spacial score (nSPS) is 12.8. The predicted octanol–water partition coefficient (Wildman–Crippen LogP) is 1.37. The van der Waals surface area contributed by atoms with Crippen molar-refractivity contribution >= 4 is 11.6 Å². The molecule has 0 radical (unpaired) electrons. The first-order valence-electron chi connectivity index (χ1n) is 2.66. The van der Waals surface area contributed by atoms with Crippen molar-refractivity contribution in [1.29, 1.82) is 0 Å². The topological polar surface area (TPSA) is 69.2 Å². The highest BCUT2D eigenvalue weighted by molar-refractivity contribution is 6.25. The minimum absolute atomic E-state index is 0.0139. The third-order valence-electron chi connectivity index (χ3n) is 0.893. The maximum absolute atomic E-state index is 10.1. The molecule has 0 saturated carbocycles. The smallest absolute Gasteiger partial charge is 0.303 e. The SMILES string of the molecule is C=C/C=C(N)\C(=C\Cl)[N+](=O)[O-]. The third kappa shape index (κ3) is 2.86. The molecule has 0 aromatic carbocycles. The summed E-state index contributed by atoms with van der Waals surface area (Å²) in [6, 6.07) is 0. The first-order valence-corrected chi connectivity index (χ1v) is 3.10. The molecule has 11 heavy (non-hydrogen) atoms. The van der Waals surface area contributed by atoms with Crippen LogP contribution in [0.5, 0.6) is 0 Å². The average molecular weight is 175 g/mol. The fraction of sp³-hybridized carbons (Fsp3) is 0. The van der Waals surface area contributed by atoms with E-state index >= 15 is 0 Å². The van der Waals surface area contributed by atoms with Gasteiger partial charge in [0.25, 0.3) is 0 Å². The van der Waals surface area contributed by atoms with Crippen molar-refractivity contribution in [3.63, 3.8) is 0 Å². The molecule has 0 unspecified atom stereocenters. The predicted molar refractivity (Wildman–Crippen MR) is 43.4 cm³/mol. The van der Waals surface area contributed by atoms with E-state index in [9.17, 15) is 10.1 Å². The van der Waals surface area contributed by atoms with Crippen molar-refractivity contribution in [3.8, 4) is 0 Å². The number of allylic oxidation sites excluding steroid dienone is 2. The van der Waals surface area contributed by atoms with Gasteiger partial charge in [-0.1, -0.05) is 24.3 Å². The molecule has 0 bridgehead atoms. The van der Waals surface area contributed by atoms with E-state index in [4.69, 9.17) is 17.3 Å². The average Bonchev–Trinajstić information content (AvgIpc) is 1.88. The Morgan fingerprint density at radius 2 is 2.27 bits per heavy atom. The second-order valence-corrected chi connectivity index (χ2v) is 1.83. The lowest BCUT2D eigenvalue weighted by Crippen LogP contribution is -2.08. The molecule has 0 spiro atoms. The minimum Gasteiger partial charge on any atom is -0.393 e. The Hall–Kier alpha value is -1.29. The van der Waals surface area contributed by atoms with E-state index in [-0.39, 0.29) is 11.4 Å². The van der Waals surface area contributed by atoms with Crippen LogP contribution >= 0.6 is 11.6 Å². The van der Waals surface area contributed by atoms with E-state index in [1.807, 2.05) is 0 Å². The van der Waals surface area contributed by atoms with Gasteiger partial charge in [-0.25, -0.2) is 0 Å². The van der Waals surface area contributed by atoms with Crippen LogP contribution in [-0.2, 0) is 0 Å². The van der Waals surface area contributed by atoms with Gasteiger partial charge in [-0.15, -0.1) is 0 Å². The van der Waals surface area contributed by atoms with Crippen LogP contribution < -0.4 is 5.73 Å². The van der Waals surface area contributed by atoms with Crippen LogP contribution in [0.3, 0.4) is 0 Å². The number of nitro groups is 1. The molecule has 0 aliphatic heterocycles. The monoisotopic (exact) mass is 174 g/mol. The van der Waals surface area contributed by atoms with Gasteiger partial charge in [0.1, 0.15) is 5.70 Å². The van der Waals surface area contributed by atoms with Crippen LogP contribution in [0.15, 0.2) is 35.7 Å². The Morgan fingerprint density at radius 3 is 2.55 bits per heavy atom. The van der Waals surface area contributed by atoms with Crippen molar-refractivity contribution in [1.82, 2.24) is 0 Å². The van der Waals surface area contributed by atoms with E-state index in [1.165, 1.54) is 12.2 Å². The number of nitrogens with zero attached hydrogens (tertiary/aromatic N) is 1. The van der Waals surface area contributed by atoms with Gasteiger partial charge in [0.2, 0.25) is 0 Å². The van der Waals surface area contributed by atoms with Gasteiger partial charge in [0, 0.05) is 0 Å². The molecule has 0 aromatic heterocycles. The Morgan fingerprint density at radius 1 is 1.73 bits per heavy atom. The zero-order valence-corrected chi connectivity index (χ0v) is 6.41. The first kappa shape index (κ1) is 9.71. The second kappa shape index (κ2) is 4.51. The van der Waals surface area contributed by atoms with Crippen molar-refractivity contribution in [3.05, 3.63) is 45.8 Å². The van der Waals surface area contributed by atoms with Gasteiger partial charge < -0.3 is 5.73 Å². The quantitative estimate of drug-likeness (QED) is 0.399. The summed E-state index contributed by atoms with van der Waals surface area (Å²) >= 11 is 5.13. The molecule has 0 aliphatic rings. The van der Waals surface area contributed by atoms with Gasteiger partial charge in [0.15, 0.2) is 0 Å². The number of rotatable bonds is 3. The van der Waals surface area contributed by atoms with Gasteiger partial charge in [-0.05, 0) is 6.08 Å².